The molecule has 4 nitrogen and oxygen atoms in total. The maximum atomic E-state index is 11.5. The van der Waals surface area contributed by atoms with Crippen LogP contribution in [-0.4, -0.2) is 29.5 Å². The van der Waals surface area contributed by atoms with Crippen molar-refractivity contribution >= 4 is 22.9 Å². The Morgan fingerprint density at radius 3 is 2.77 bits per heavy atom. The zero-order valence-electron chi connectivity index (χ0n) is 20.5. The van der Waals surface area contributed by atoms with Crippen LogP contribution in [0.5, 0.6) is 0 Å². The molecule has 1 N–H and O–H groups in total. The fraction of sp³-hybridized carbons (Fsp3) is 0.258. The summed E-state index contributed by atoms with van der Waals surface area (Å²) in [5.41, 5.74) is 9.04. The molecule has 0 radical (unpaired) electrons. The van der Waals surface area contributed by atoms with Gasteiger partial charge in [-0.2, -0.15) is 0 Å². The van der Waals surface area contributed by atoms with E-state index in [1.807, 2.05) is 6.08 Å². The number of ether oxygens (including phenoxy) is 1. The Labute approximate surface area is 207 Å². The van der Waals surface area contributed by atoms with E-state index in [1.165, 1.54) is 51.9 Å². The quantitative estimate of drug-likeness (QED) is 0.243. The Morgan fingerprint density at radius 1 is 1.11 bits per heavy atom. The Balaban J connectivity index is 1.39. The van der Waals surface area contributed by atoms with Crippen LogP contribution in [0.25, 0.3) is 17.0 Å². The van der Waals surface area contributed by atoms with Crippen molar-refractivity contribution in [3.05, 3.63) is 112 Å². The highest BCUT2D eigenvalue weighted by Crippen LogP contribution is 2.37. The predicted molar refractivity (Wildman–Crippen MR) is 142 cm³/mol. The van der Waals surface area contributed by atoms with Gasteiger partial charge in [-0.05, 0) is 66.1 Å². The molecule has 0 amide bonds. The smallest absolute Gasteiger partial charge is 0.330 e. The molecule has 5 rings (SSSR count). The number of aryl methyl sites for hydroxylation is 2. The molecule has 3 aromatic carbocycles. The van der Waals surface area contributed by atoms with Gasteiger partial charge < -0.3 is 9.72 Å². The number of fused-ring (bicyclic) bond motifs is 2. The number of methoxy groups -OCH3 is 1. The van der Waals surface area contributed by atoms with Gasteiger partial charge in [0.25, 0.3) is 0 Å². The number of para-hydroxylation sites is 1. The first-order valence-electron chi connectivity index (χ1n) is 12.3. The van der Waals surface area contributed by atoms with Crippen LogP contribution in [-0.2, 0) is 28.9 Å². The van der Waals surface area contributed by atoms with E-state index < -0.39 is 0 Å². The second-order valence-electron chi connectivity index (χ2n) is 9.43. The van der Waals surface area contributed by atoms with Gasteiger partial charge >= 0.3 is 5.97 Å². The van der Waals surface area contributed by atoms with Crippen LogP contribution in [0, 0.1) is 6.92 Å². The molecule has 1 atom stereocenters. The van der Waals surface area contributed by atoms with Gasteiger partial charge in [-0.25, -0.2) is 4.79 Å². The summed E-state index contributed by atoms with van der Waals surface area (Å²) < 4.78 is 4.73. The average Bonchev–Trinajstić information content (AvgIpc) is 3.50. The standard InChI is InChI=1S/C31H32N2O2/c1-22-7-9-24(10-8-22)21-33(18-17-26-20-32-29-6-4-3-5-27(26)29)30-15-13-25-19-23(11-14-28(25)30)12-16-31(34)35-2/h3-12,14,16,19-20,30,32H,13,15,17-18,21H2,1-2H3. The minimum absolute atomic E-state index is 0.329. The SMILES string of the molecule is COC(=O)C=Cc1ccc2c(c1)CCC2N(CCc1c[nH]c2ccccc12)Cc1ccc(C)cc1. The van der Waals surface area contributed by atoms with Crippen LogP contribution >= 0.6 is 0 Å². The molecule has 35 heavy (non-hydrogen) atoms. The molecule has 0 bridgehead atoms. The van der Waals surface area contributed by atoms with E-state index in [2.05, 4.69) is 89.7 Å². The normalized spacial score (nSPS) is 15.2. The number of nitrogens with one attached hydrogen (secondary N) is 1. The summed E-state index contributed by atoms with van der Waals surface area (Å²) in [5, 5.41) is 1.32. The van der Waals surface area contributed by atoms with Crippen molar-refractivity contribution in [3.8, 4) is 0 Å². The first-order chi connectivity index (χ1) is 17.1. The maximum Gasteiger partial charge on any atom is 0.330 e. The molecule has 1 unspecified atom stereocenters. The first-order valence-corrected chi connectivity index (χ1v) is 12.3. The highest BCUT2D eigenvalue weighted by molar-refractivity contribution is 5.87. The number of hydrogen-bond acceptors (Lipinski definition) is 3. The van der Waals surface area contributed by atoms with E-state index in [0.717, 1.165) is 37.9 Å². The van der Waals surface area contributed by atoms with Crippen molar-refractivity contribution in [2.45, 2.75) is 38.8 Å². The van der Waals surface area contributed by atoms with Crippen LogP contribution in [0.1, 0.15) is 45.8 Å². The second-order valence-corrected chi connectivity index (χ2v) is 9.43. The summed E-state index contributed by atoms with van der Waals surface area (Å²) in [7, 11) is 1.40. The number of esters is 1. The lowest BCUT2D eigenvalue weighted by Gasteiger charge is -2.30. The zero-order valence-corrected chi connectivity index (χ0v) is 20.5. The molecule has 0 saturated carbocycles. The highest BCUT2D eigenvalue weighted by atomic mass is 16.5. The molecule has 0 saturated heterocycles. The van der Waals surface area contributed by atoms with E-state index in [1.54, 1.807) is 0 Å². The van der Waals surface area contributed by atoms with Crippen molar-refractivity contribution < 1.29 is 9.53 Å². The maximum absolute atomic E-state index is 11.5. The van der Waals surface area contributed by atoms with Crippen LogP contribution in [0.15, 0.2) is 79.0 Å². The van der Waals surface area contributed by atoms with Gasteiger partial charge in [0.2, 0.25) is 0 Å². The van der Waals surface area contributed by atoms with Crippen molar-refractivity contribution in [2.24, 2.45) is 0 Å². The zero-order chi connectivity index (χ0) is 24.2. The minimum atomic E-state index is -0.329. The molecule has 1 aliphatic rings. The van der Waals surface area contributed by atoms with Gasteiger partial charge in [0.15, 0.2) is 0 Å². The van der Waals surface area contributed by atoms with E-state index in [4.69, 9.17) is 4.74 Å². The number of nitrogens with zero attached hydrogens (tertiary/aromatic N) is 1. The summed E-state index contributed by atoms with van der Waals surface area (Å²) in [6.45, 7) is 4.05. The number of benzene rings is 3. The minimum Gasteiger partial charge on any atom is -0.466 e. The number of carbonyl (C=O) groups is 1. The number of rotatable bonds is 8. The monoisotopic (exact) mass is 464 g/mol. The predicted octanol–water partition coefficient (Wildman–Crippen LogP) is 6.39. The van der Waals surface area contributed by atoms with Crippen LogP contribution in [0.4, 0.5) is 0 Å². The highest BCUT2D eigenvalue weighted by Gasteiger charge is 2.28. The van der Waals surface area contributed by atoms with Gasteiger partial charge in [0.05, 0.1) is 7.11 Å². The van der Waals surface area contributed by atoms with Crippen LogP contribution in [0.2, 0.25) is 0 Å². The molecule has 0 fully saturated rings. The third-order valence-electron chi connectivity index (χ3n) is 7.12. The fourth-order valence-corrected chi connectivity index (χ4v) is 5.21. The molecule has 4 heteroatoms. The molecule has 178 valence electrons. The second kappa shape index (κ2) is 10.3. The van der Waals surface area contributed by atoms with E-state index in [9.17, 15) is 4.79 Å². The Kier molecular flexibility index (Phi) is 6.82. The number of H-pyrrole nitrogens is 1. The Hall–Kier alpha value is -3.63. The van der Waals surface area contributed by atoms with Gasteiger partial charge in [-0.15, -0.1) is 0 Å². The van der Waals surface area contributed by atoms with Gasteiger partial charge in [0.1, 0.15) is 0 Å². The molecular formula is C31H32N2O2. The van der Waals surface area contributed by atoms with Crippen LogP contribution in [0.3, 0.4) is 0 Å². The topological polar surface area (TPSA) is 45.3 Å². The summed E-state index contributed by atoms with van der Waals surface area (Å²) >= 11 is 0. The lowest BCUT2D eigenvalue weighted by molar-refractivity contribution is -0.134. The lowest BCUT2D eigenvalue weighted by atomic mass is 10.0. The van der Waals surface area contributed by atoms with Crippen molar-refractivity contribution in [2.75, 3.05) is 13.7 Å². The number of carbonyl (C=O) groups excluding carboxylic acids is 1. The van der Waals surface area contributed by atoms with Crippen molar-refractivity contribution in [1.29, 1.82) is 0 Å². The summed E-state index contributed by atoms with van der Waals surface area (Å²) in [5.74, 6) is -0.329. The van der Waals surface area contributed by atoms with E-state index in [0.29, 0.717) is 6.04 Å². The Bertz CT molecular complexity index is 1350. The molecule has 1 heterocycles. The fourth-order valence-electron chi connectivity index (χ4n) is 5.21. The number of aromatic nitrogens is 1. The summed E-state index contributed by atoms with van der Waals surface area (Å²) in [6, 6.07) is 24.4. The number of hydrogen-bond donors (Lipinski definition) is 1. The van der Waals surface area contributed by atoms with Gasteiger partial charge in [0, 0.05) is 42.3 Å². The van der Waals surface area contributed by atoms with Crippen LogP contribution < -0.4 is 0 Å². The third kappa shape index (κ3) is 5.23. The molecule has 1 aromatic heterocycles. The summed E-state index contributed by atoms with van der Waals surface area (Å²) in [6.07, 6.45) is 8.65. The van der Waals surface area contributed by atoms with Crippen molar-refractivity contribution in [3.63, 3.8) is 0 Å². The van der Waals surface area contributed by atoms with Gasteiger partial charge in [-0.1, -0.05) is 66.2 Å². The molecule has 0 spiro atoms. The van der Waals surface area contributed by atoms with Crippen molar-refractivity contribution in [1.82, 2.24) is 9.88 Å². The molecule has 1 aliphatic carbocycles. The third-order valence-corrected chi connectivity index (χ3v) is 7.12. The first kappa shape index (κ1) is 23.1. The van der Waals surface area contributed by atoms with E-state index >= 15 is 0 Å². The summed E-state index contributed by atoms with van der Waals surface area (Å²) in [4.78, 5) is 17.6. The number of aromatic amines is 1. The molecule has 4 aromatic rings. The largest absolute Gasteiger partial charge is 0.466 e. The van der Waals surface area contributed by atoms with E-state index in [-0.39, 0.29) is 5.97 Å². The van der Waals surface area contributed by atoms with Gasteiger partial charge in [-0.3, -0.25) is 4.90 Å². The molecular weight excluding hydrogens is 432 g/mol. The Morgan fingerprint density at radius 2 is 1.94 bits per heavy atom. The average molecular weight is 465 g/mol. The molecule has 0 aliphatic heterocycles. The lowest BCUT2D eigenvalue weighted by Crippen LogP contribution is -2.29.